The number of hydrogen-bond acceptors (Lipinski definition) is 3. The lowest BCUT2D eigenvalue weighted by Crippen LogP contribution is -2.26. The van der Waals surface area contributed by atoms with E-state index in [2.05, 4.69) is 60.7 Å². The van der Waals surface area contributed by atoms with Gasteiger partial charge in [0.1, 0.15) is 0 Å². The molecule has 0 unspecified atom stereocenters. The van der Waals surface area contributed by atoms with E-state index in [4.69, 9.17) is 40.5 Å². The Labute approximate surface area is 169 Å². The number of carbonyl (C=O) groups is 2. The van der Waals surface area contributed by atoms with E-state index in [1.807, 2.05) is 0 Å². The van der Waals surface area contributed by atoms with Crippen LogP contribution >= 0.6 is 34.8 Å². The topological polar surface area (TPSA) is 60.2 Å². The molecule has 7 heteroatoms. The summed E-state index contributed by atoms with van der Waals surface area (Å²) in [5.41, 5.74) is 7.48. The van der Waals surface area contributed by atoms with Gasteiger partial charge in [0.2, 0.25) is 3.79 Å². The van der Waals surface area contributed by atoms with Crippen molar-refractivity contribution in [2.45, 2.75) is 17.6 Å². The van der Waals surface area contributed by atoms with Gasteiger partial charge < -0.3 is 5.73 Å². The molecule has 26 heavy (non-hydrogen) atoms. The third-order valence-electron chi connectivity index (χ3n) is 3.37. The summed E-state index contributed by atoms with van der Waals surface area (Å²) in [7, 11) is 1.03. The van der Waals surface area contributed by atoms with Crippen molar-refractivity contribution in [1.29, 1.82) is 0 Å². The number of carbonyl (C=O) groups excluding carboxylic acids is 2. The van der Waals surface area contributed by atoms with E-state index in [1.54, 1.807) is 0 Å². The SMILES string of the molecule is B(c1ccccc1)c1ccccc1.CC(=O)C(C(C)=O)=C(N)C(Cl)(Cl)Cl. The minimum Gasteiger partial charge on any atom is -0.398 e. The van der Waals surface area contributed by atoms with Gasteiger partial charge in [0, 0.05) is 0 Å². The van der Waals surface area contributed by atoms with Gasteiger partial charge in [-0.3, -0.25) is 9.59 Å². The van der Waals surface area contributed by atoms with Crippen LogP contribution in [0.4, 0.5) is 0 Å². The molecule has 0 fully saturated rings. The van der Waals surface area contributed by atoms with Crippen molar-refractivity contribution in [3.05, 3.63) is 71.9 Å². The van der Waals surface area contributed by atoms with Crippen molar-refractivity contribution >= 4 is 64.6 Å². The molecule has 2 aromatic rings. The van der Waals surface area contributed by atoms with Crippen LogP contribution < -0.4 is 16.7 Å². The summed E-state index contributed by atoms with van der Waals surface area (Å²) in [6.07, 6.45) is 0. The maximum Gasteiger partial charge on any atom is 0.230 e. The van der Waals surface area contributed by atoms with Crippen LogP contribution in [0.2, 0.25) is 0 Å². The smallest absolute Gasteiger partial charge is 0.230 e. The highest BCUT2D eigenvalue weighted by atomic mass is 35.6. The van der Waals surface area contributed by atoms with Crippen LogP contribution in [0.5, 0.6) is 0 Å². The molecular formula is C19H19BCl3NO2. The second kappa shape index (κ2) is 10.4. The molecule has 0 radical (unpaired) electrons. The van der Waals surface area contributed by atoms with Gasteiger partial charge >= 0.3 is 0 Å². The minimum absolute atomic E-state index is 0.264. The van der Waals surface area contributed by atoms with E-state index < -0.39 is 15.4 Å². The minimum atomic E-state index is -1.92. The van der Waals surface area contributed by atoms with Gasteiger partial charge in [-0.2, -0.15) is 0 Å². The Hall–Kier alpha value is -1.75. The first kappa shape index (κ1) is 22.3. The first-order valence-corrected chi connectivity index (χ1v) is 8.93. The van der Waals surface area contributed by atoms with Gasteiger partial charge in [0.15, 0.2) is 18.8 Å². The van der Waals surface area contributed by atoms with Crippen LogP contribution in [0.25, 0.3) is 0 Å². The second-order valence-corrected chi connectivity index (χ2v) is 7.83. The van der Waals surface area contributed by atoms with Gasteiger partial charge in [-0.1, -0.05) is 106 Å². The predicted molar refractivity (Wildman–Crippen MR) is 112 cm³/mol. The molecule has 136 valence electrons. The molecule has 0 heterocycles. The molecule has 2 aromatic carbocycles. The van der Waals surface area contributed by atoms with Crippen LogP contribution in [0.3, 0.4) is 0 Å². The van der Waals surface area contributed by atoms with Crippen molar-refractivity contribution in [2.24, 2.45) is 5.73 Å². The molecule has 2 rings (SSSR count). The molecule has 0 saturated carbocycles. The van der Waals surface area contributed by atoms with E-state index in [-0.39, 0.29) is 11.3 Å². The monoisotopic (exact) mass is 409 g/mol. The summed E-state index contributed by atoms with van der Waals surface area (Å²) in [4.78, 5) is 21.9. The number of hydrogen-bond donors (Lipinski definition) is 1. The zero-order chi connectivity index (χ0) is 19.7. The highest BCUT2D eigenvalue weighted by Gasteiger charge is 2.30. The van der Waals surface area contributed by atoms with Crippen LogP contribution in [0.1, 0.15) is 13.8 Å². The quantitative estimate of drug-likeness (QED) is 0.277. The maximum absolute atomic E-state index is 10.9. The van der Waals surface area contributed by atoms with Crippen molar-refractivity contribution < 1.29 is 9.59 Å². The Balaban J connectivity index is 0.000000260. The van der Waals surface area contributed by atoms with Crippen LogP contribution in [-0.2, 0) is 9.59 Å². The summed E-state index contributed by atoms with van der Waals surface area (Å²) in [5.74, 6) is -1.03. The molecule has 0 spiro atoms. The van der Waals surface area contributed by atoms with Gasteiger partial charge in [0.05, 0.1) is 11.3 Å². The van der Waals surface area contributed by atoms with Gasteiger partial charge in [-0.05, 0) is 13.8 Å². The fraction of sp³-hybridized carbons (Fsp3) is 0.158. The third kappa shape index (κ3) is 7.65. The standard InChI is InChI=1S/C12H11B.C7H8Cl3NO2/c1-3-7-11(8-4-1)13-12-9-5-2-6-10-12;1-3(12)5(4(2)13)6(11)7(8,9)10/h1-10,13H;11H2,1-2H3. The molecule has 0 aliphatic heterocycles. The third-order valence-corrected chi connectivity index (χ3v) is 3.98. The van der Waals surface area contributed by atoms with Crippen molar-refractivity contribution in [3.8, 4) is 0 Å². The van der Waals surface area contributed by atoms with E-state index in [9.17, 15) is 9.59 Å². The number of benzene rings is 2. The average Bonchev–Trinajstić information content (AvgIpc) is 2.56. The number of Topliss-reactive ketones (excluding diaryl/α,β-unsaturated/α-hetero) is 2. The lowest BCUT2D eigenvalue weighted by Gasteiger charge is -2.13. The first-order chi connectivity index (χ1) is 12.1. The van der Waals surface area contributed by atoms with E-state index in [1.165, 1.54) is 24.8 Å². The number of halogens is 3. The maximum atomic E-state index is 10.9. The number of ketones is 2. The number of rotatable bonds is 4. The molecule has 0 aliphatic rings. The number of nitrogens with two attached hydrogens (primary N) is 1. The summed E-state index contributed by atoms with van der Waals surface area (Å²) in [6.45, 7) is 2.36. The normalized spacial score (nSPS) is 10.2. The van der Waals surface area contributed by atoms with E-state index in [0.29, 0.717) is 0 Å². The van der Waals surface area contributed by atoms with Crippen LogP contribution in [-0.4, -0.2) is 22.6 Å². The average molecular weight is 411 g/mol. The van der Waals surface area contributed by atoms with Gasteiger partial charge in [0.25, 0.3) is 0 Å². The Morgan fingerprint density at radius 1 is 0.808 bits per heavy atom. The Morgan fingerprint density at radius 2 is 1.15 bits per heavy atom. The highest BCUT2D eigenvalue weighted by Crippen LogP contribution is 2.33. The fourth-order valence-electron chi connectivity index (χ4n) is 2.20. The van der Waals surface area contributed by atoms with Crippen molar-refractivity contribution in [3.63, 3.8) is 0 Å². The zero-order valence-corrected chi connectivity index (χ0v) is 16.8. The van der Waals surface area contributed by atoms with Gasteiger partial charge in [-0.25, -0.2) is 0 Å². The molecule has 0 atom stereocenters. The molecule has 0 aromatic heterocycles. The largest absolute Gasteiger partial charge is 0.398 e. The lowest BCUT2D eigenvalue weighted by molar-refractivity contribution is -0.119. The molecule has 2 N–H and O–H groups in total. The van der Waals surface area contributed by atoms with Crippen molar-refractivity contribution in [1.82, 2.24) is 0 Å². The molecule has 0 bridgehead atoms. The van der Waals surface area contributed by atoms with E-state index >= 15 is 0 Å². The molecule has 0 amide bonds. The zero-order valence-electron chi connectivity index (χ0n) is 14.5. The first-order valence-electron chi connectivity index (χ1n) is 7.79. The van der Waals surface area contributed by atoms with E-state index in [0.717, 1.165) is 7.28 Å². The van der Waals surface area contributed by atoms with Gasteiger partial charge in [-0.15, -0.1) is 0 Å². The Morgan fingerprint density at radius 3 is 1.38 bits per heavy atom. The fourth-order valence-corrected chi connectivity index (χ4v) is 2.48. The predicted octanol–water partition coefficient (Wildman–Crippen LogP) is 2.82. The van der Waals surface area contributed by atoms with Crippen LogP contribution in [0.15, 0.2) is 71.9 Å². The Bertz CT molecular complexity index is 719. The summed E-state index contributed by atoms with van der Waals surface area (Å²) < 4.78 is -1.92. The lowest BCUT2D eigenvalue weighted by atomic mass is 9.64. The highest BCUT2D eigenvalue weighted by molar-refractivity contribution is 6.69. The van der Waals surface area contributed by atoms with Crippen molar-refractivity contribution in [2.75, 3.05) is 0 Å². The summed E-state index contributed by atoms with van der Waals surface area (Å²) in [5, 5.41) is 0. The Kier molecular flexibility index (Phi) is 8.93. The molecule has 0 saturated heterocycles. The molecule has 3 nitrogen and oxygen atoms in total. The second-order valence-electron chi connectivity index (χ2n) is 5.55. The summed E-state index contributed by atoms with van der Waals surface area (Å²) >= 11 is 16.2. The molecular weight excluding hydrogens is 391 g/mol. The molecule has 0 aliphatic carbocycles. The van der Waals surface area contributed by atoms with Crippen LogP contribution in [0, 0.1) is 0 Å². The number of allylic oxidation sites excluding steroid dienone is 2. The summed E-state index contributed by atoms with van der Waals surface area (Å²) in [6, 6.07) is 21.1. The number of alkyl halides is 3.